The summed E-state index contributed by atoms with van der Waals surface area (Å²) in [5, 5.41) is 5.65. The van der Waals surface area contributed by atoms with E-state index < -0.39 is 0 Å². The number of aromatic nitrogens is 1. The van der Waals surface area contributed by atoms with Gasteiger partial charge in [0.1, 0.15) is 12.4 Å². The third-order valence-corrected chi connectivity index (χ3v) is 4.24. The Balaban J connectivity index is 1.37. The number of ether oxygens (including phenoxy) is 2. The molecule has 2 N–H and O–H groups in total. The van der Waals surface area contributed by atoms with Gasteiger partial charge in [-0.3, -0.25) is 4.98 Å². The van der Waals surface area contributed by atoms with E-state index in [4.69, 9.17) is 9.47 Å². The summed E-state index contributed by atoms with van der Waals surface area (Å²) >= 11 is 0. The number of amides is 2. The first-order chi connectivity index (χ1) is 12.8. The van der Waals surface area contributed by atoms with Crippen LogP contribution in [-0.2, 0) is 11.2 Å². The highest BCUT2D eigenvalue weighted by Crippen LogP contribution is 2.18. The number of anilines is 1. The lowest BCUT2D eigenvalue weighted by molar-refractivity contribution is -0.0110. The van der Waals surface area contributed by atoms with E-state index in [9.17, 15) is 4.79 Å². The number of carbonyl (C=O) groups excluding carboxylic acids is 1. The first kappa shape index (κ1) is 18.2. The Morgan fingerprint density at radius 1 is 1.23 bits per heavy atom. The number of rotatable bonds is 7. The largest absolute Gasteiger partial charge is 0.491 e. The summed E-state index contributed by atoms with van der Waals surface area (Å²) in [5.74, 6) is 0.779. The second-order valence-corrected chi connectivity index (χ2v) is 6.32. The molecule has 1 fully saturated rings. The molecule has 0 unspecified atom stereocenters. The Kier molecular flexibility index (Phi) is 6.84. The number of nitrogens with zero attached hydrogens (tertiary/aromatic N) is 1. The second kappa shape index (κ2) is 9.77. The summed E-state index contributed by atoms with van der Waals surface area (Å²) in [6.45, 7) is 1.95. The predicted molar refractivity (Wildman–Crippen MR) is 100 cm³/mol. The molecule has 0 saturated carbocycles. The van der Waals surface area contributed by atoms with E-state index in [1.54, 1.807) is 12.4 Å². The smallest absolute Gasteiger partial charge is 0.319 e. The molecule has 0 aliphatic carbocycles. The fourth-order valence-electron chi connectivity index (χ4n) is 2.80. The summed E-state index contributed by atoms with van der Waals surface area (Å²) in [7, 11) is 0. The zero-order chi connectivity index (χ0) is 18.0. The highest BCUT2D eigenvalue weighted by molar-refractivity contribution is 5.89. The predicted octanol–water partition coefficient (Wildman–Crippen LogP) is 3.39. The van der Waals surface area contributed by atoms with Crippen molar-refractivity contribution in [3.05, 3.63) is 54.4 Å². The van der Waals surface area contributed by atoms with Gasteiger partial charge in [-0.05, 0) is 61.6 Å². The Morgan fingerprint density at radius 3 is 2.85 bits per heavy atom. The third kappa shape index (κ3) is 6.04. The van der Waals surface area contributed by atoms with Crippen molar-refractivity contribution in [2.45, 2.75) is 31.8 Å². The van der Waals surface area contributed by atoms with Crippen molar-refractivity contribution >= 4 is 11.7 Å². The molecular formula is C20H25N3O3. The molecule has 1 atom stereocenters. The Labute approximate surface area is 153 Å². The summed E-state index contributed by atoms with van der Waals surface area (Å²) in [5.41, 5.74) is 1.82. The van der Waals surface area contributed by atoms with Gasteiger partial charge in [0.05, 0.1) is 6.10 Å². The van der Waals surface area contributed by atoms with Crippen LogP contribution < -0.4 is 15.4 Å². The van der Waals surface area contributed by atoms with Gasteiger partial charge in [-0.2, -0.15) is 0 Å². The fraction of sp³-hybridized carbons (Fsp3) is 0.400. The molecule has 2 amide bonds. The van der Waals surface area contributed by atoms with Crippen molar-refractivity contribution in [3.8, 4) is 5.75 Å². The average molecular weight is 355 g/mol. The van der Waals surface area contributed by atoms with E-state index >= 15 is 0 Å². The van der Waals surface area contributed by atoms with Crippen LogP contribution in [0, 0.1) is 0 Å². The molecule has 2 heterocycles. The number of urea groups is 1. The molecular weight excluding hydrogens is 330 g/mol. The number of benzene rings is 1. The molecule has 0 radical (unpaired) electrons. The molecule has 6 nitrogen and oxygen atoms in total. The lowest BCUT2D eigenvalue weighted by Crippen LogP contribution is -2.30. The molecule has 3 rings (SSSR count). The maximum Gasteiger partial charge on any atom is 0.319 e. The molecule has 0 spiro atoms. The standard InChI is InChI=1S/C20H25N3O3/c24-20(22-12-10-16-4-3-11-21-14-16)23-17-6-8-18(9-7-17)26-15-19-5-1-2-13-25-19/h3-4,6-9,11,14,19H,1-2,5,10,12-13,15H2,(H2,22,23,24)/t19-/m0/s1. The number of pyridine rings is 1. The summed E-state index contributed by atoms with van der Waals surface area (Å²) < 4.78 is 11.4. The molecule has 1 aliphatic heterocycles. The first-order valence-electron chi connectivity index (χ1n) is 9.08. The number of hydrogen-bond acceptors (Lipinski definition) is 4. The Hall–Kier alpha value is -2.60. The number of carbonyl (C=O) groups is 1. The average Bonchev–Trinajstić information content (AvgIpc) is 2.69. The van der Waals surface area contributed by atoms with Crippen LogP contribution in [0.5, 0.6) is 5.75 Å². The minimum absolute atomic E-state index is 0.187. The fourth-order valence-corrected chi connectivity index (χ4v) is 2.80. The lowest BCUT2D eigenvalue weighted by Gasteiger charge is -2.22. The maximum atomic E-state index is 11.9. The van der Waals surface area contributed by atoms with E-state index in [1.165, 1.54) is 6.42 Å². The Morgan fingerprint density at radius 2 is 2.12 bits per heavy atom. The summed E-state index contributed by atoms with van der Waals surface area (Å²) in [6.07, 6.45) is 7.87. The molecule has 1 aromatic heterocycles. The summed E-state index contributed by atoms with van der Waals surface area (Å²) in [6, 6.07) is 11.0. The minimum atomic E-state index is -0.224. The van der Waals surface area contributed by atoms with Crippen molar-refractivity contribution in [1.29, 1.82) is 0 Å². The van der Waals surface area contributed by atoms with Gasteiger partial charge in [0.2, 0.25) is 0 Å². The second-order valence-electron chi connectivity index (χ2n) is 6.32. The van der Waals surface area contributed by atoms with Crippen molar-refractivity contribution in [3.63, 3.8) is 0 Å². The van der Waals surface area contributed by atoms with Crippen molar-refractivity contribution in [2.24, 2.45) is 0 Å². The van der Waals surface area contributed by atoms with Crippen molar-refractivity contribution < 1.29 is 14.3 Å². The van der Waals surface area contributed by atoms with Crippen LogP contribution in [0.15, 0.2) is 48.8 Å². The molecule has 138 valence electrons. The van der Waals surface area contributed by atoms with Gasteiger partial charge >= 0.3 is 6.03 Å². The van der Waals surface area contributed by atoms with Gasteiger partial charge in [-0.15, -0.1) is 0 Å². The van der Waals surface area contributed by atoms with Gasteiger partial charge in [0, 0.05) is 31.2 Å². The highest BCUT2D eigenvalue weighted by atomic mass is 16.5. The molecule has 1 saturated heterocycles. The van der Waals surface area contributed by atoms with E-state index in [1.807, 2.05) is 36.4 Å². The van der Waals surface area contributed by atoms with Gasteiger partial charge in [-0.1, -0.05) is 6.07 Å². The van der Waals surface area contributed by atoms with Gasteiger partial charge in [0.25, 0.3) is 0 Å². The first-order valence-corrected chi connectivity index (χ1v) is 9.08. The van der Waals surface area contributed by atoms with Crippen LogP contribution in [0.4, 0.5) is 10.5 Å². The molecule has 2 aromatic rings. The van der Waals surface area contributed by atoms with E-state index in [-0.39, 0.29) is 12.1 Å². The van der Waals surface area contributed by atoms with Crippen LogP contribution in [-0.4, -0.2) is 36.9 Å². The SMILES string of the molecule is O=C(NCCc1cccnc1)Nc1ccc(OC[C@@H]2CCCCO2)cc1. The molecule has 1 aromatic carbocycles. The van der Waals surface area contributed by atoms with Crippen molar-refractivity contribution in [2.75, 3.05) is 25.1 Å². The van der Waals surface area contributed by atoms with Crippen LogP contribution in [0.3, 0.4) is 0 Å². The third-order valence-electron chi connectivity index (χ3n) is 4.24. The van der Waals surface area contributed by atoms with Crippen LogP contribution in [0.1, 0.15) is 24.8 Å². The van der Waals surface area contributed by atoms with E-state index in [0.717, 1.165) is 42.9 Å². The van der Waals surface area contributed by atoms with Crippen LogP contribution in [0.2, 0.25) is 0 Å². The molecule has 26 heavy (non-hydrogen) atoms. The van der Waals surface area contributed by atoms with E-state index in [0.29, 0.717) is 13.2 Å². The molecule has 0 bridgehead atoms. The zero-order valence-electron chi connectivity index (χ0n) is 14.8. The Bertz CT molecular complexity index is 670. The van der Waals surface area contributed by atoms with Gasteiger partial charge < -0.3 is 20.1 Å². The van der Waals surface area contributed by atoms with Crippen molar-refractivity contribution in [1.82, 2.24) is 10.3 Å². The van der Waals surface area contributed by atoms with Gasteiger partial charge in [-0.25, -0.2) is 4.79 Å². The summed E-state index contributed by atoms with van der Waals surface area (Å²) in [4.78, 5) is 16.0. The maximum absolute atomic E-state index is 11.9. The van der Waals surface area contributed by atoms with Gasteiger partial charge in [0.15, 0.2) is 0 Å². The highest BCUT2D eigenvalue weighted by Gasteiger charge is 2.14. The topological polar surface area (TPSA) is 72.5 Å². The van der Waals surface area contributed by atoms with Crippen LogP contribution >= 0.6 is 0 Å². The number of hydrogen-bond donors (Lipinski definition) is 2. The molecule has 6 heteroatoms. The van der Waals surface area contributed by atoms with E-state index in [2.05, 4.69) is 15.6 Å². The lowest BCUT2D eigenvalue weighted by atomic mass is 10.1. The molecule has 1 aliphatic rings. The number of nitrogens with one attached hydrogen (secondary N) is 2. The van der Waals surface area contributed by atoms with Crippen LogP contribution in [0.25, 0.3) is 0 Å². The quantitative estimate of drug-likeness (QED) is 0.798. The normalized spacial score (nSPS) is 16.7. The zero-order valence-corrected chi connectivity index (χ0v) is 14.8. The minimum Gasteiger partial charge on any atom is -0.491 e. The monoisotopic (exact) mass is 355 g/mol.